The second-order valence-electron chi connectivity index (χ2n) is 22.6. The number of aryl methyl sites for hydroxylation is 2. The highest BCUT2D eigenvalue weighted by atomic mass is 15.1. The van der Waals surface area contributed by atoms with E-state index in [1.54, 1.807) is 0 Å². The molecule has 0 aliphatic heterocycles. The van der Waals surface area contributed by atoms with Crippen LogP contribution in [0.4, 0.5) is 0 Å². The van der Waals surface area contributed by atoms with E-state index in [1.807, 2.05) is 30.3 Å². The number of aromatic nitrogens is 7. The molecule has 7 heteroatoms. The zero-order valence-electron chi connectivity index (χ0n) is 48.4. The van der Waals surface area contributed by atoms with Crippen LogP contribution in [0, 0.1) is 13.8 Å². The van der Waals surface area contributed by atoms with Gasteiger partial charge in [-0.1, -0.05) is 230 Å². The highest BCUT2D eigenvalue weighted by Crippen LogP contribution is 2.46. The number of hydrogen-bond donors (Lipinski definition) is 0. The first-order valence-electron chi connectivity index (χ1n) is 29.8. The Kier molecular flexibility index (Phi) is 12.8. The predicted octanol–water partition coefficient (Wildman–Crippen LogP) is 20.5. The van der Waals surface area contributed by atoms with Gasteiger partial charge in [-0.2, -0.15) is 0 Å². The van der Waals surface area contributed by atoms with Crippen molar-refractivity contribution in [2.45, 2.75) is 13.8 Å². The molecule has 0 spiro atoms. The van der Waals surface area contributed by atoms with Crippen LogP contribution in [-0.4, -0.2) is 34.1 Å². The summed E-state index contributed by atoms with van der Waals surface area (Å²) in [5.41, 5.74) is 23.0. The average Bonchev–Trinajstić information content (AvgIpc) is 1.57. The molecule has 0 atom stereocenters. The molecule has 11 aromatic carbocycles. The molecular weight excluding hydrogens is 1070 g/mol. The van der Waals surface area contributed by atoms with E-state index >= 15 is 0 Å². The van der Waals surface area contributed by atoms with Gasteiger partial charge in [0.2, 0.25) is 0 Å². The zero-order valence-corrected chi connectivity index (χ0v) is 48.4. The fourth-order valence-electron chi connectivity index (χ4n) is 12.6. The van der Waals surface area contributed by atoms with Crippen molar-refractivity contribution in [2.24, 2.45) is 0 Å². The van der Waals surface area contributed by atoms with Crippen LogP contribution in [-0.2, 0) is 0 Å². The van der Waals surface area contributed by atoms with Crippen LogP contribution in [0.25, 0.3) is 156 Å². The summed E-state index contributed by atoms with van der Waals surface area (Å²) in [6.07, 6.45) is 0. The van der Waals surface area contributed by atoms with E-state index in [9.17, 15) is 0 Å². The van der Waals surface area contributed by atoms with E-state index in [2.05, 4.69) is 290 Å². The van der Waals surface area contributed by atoms with E-state index in [0.717, 1.165) is 145 Å². The molecule has 16 aromatic rings. The van der Waals surface area contributed by atoms with Crippen molar-refractivity contribution in [3.63, 3.8) is 0 Å². The van der Waals surface area contributed by atoms with Crippen LogP contribution >= 0.6 is 0 Å². The summed E-state index contributed by atoms with van der Waals surface area (Å²) >= 11 is 0. The van der Waals surface area contributed by atoms with Gasteiger partial charge in [-0.25, -0.2) is 24.9 Å². The summed E-state index contributed by atoms with van der Waals surface area (Å²) in [4.78, 5) is 28.0. The number of fused-ring (bicyclic) bond motifs is 6. The maximum Gasteiger partial charge on any atom is 0.162 e. The fraction of sp³-hybridized carbons (Fsp3) is 0.0247. The molecule has 0 radical (unpaired) electrons. The van der Waals surface area contributed by atoms with Crippen molar-refractivity contribution in [1.29, 1.82) is 0 Å². The quantitative estimate of drug-likeness (QED) is 0.129. The van der Waals surface area contributed by atoms with Crippen molar-refractivity contribution in [2.75, 3.05) is 0 Å². The Morgan fingerprint density at radius 1 is 0.227 bits per heavy atom. The van der Waals surface area contributed by atoms with Crippen LogP contribution in [0.3, 0.4) is 0 Å². The van der Waals surface area contributed by atoms with Crippen LogP contribution in [0.2, 0.25) is 0 Å². The van der Waals surface area contributed by atoms with Gasteiger partial charge >= 0.3 is 0 Å². The van der Waals surface area contributed by atoms with Gasteiger partial charge in [0.15, 0.2) is 11.6 Å². The molecule has 5 aromatic heterocycles. The van der Waals surface area contributed by atoms with Crippen molar-refractivity contribution >= 4 is 43.6 Å². The molecule has 0 fully saturated rings. The van der Waals surface area contributed by atoms with Crippen molar-refractivity contribution in [3.8, 4) is 113 Å². The minimum Gasteiger partial charge on any atom is -0.307 e. The van der Waals surface area contributed by atoms with Crippen LogP contribution in [0.1, 0.15) is 11.1 Å². The molecule has 0 amide bonds. The molecule has 0 N–H and O–H groups in total. The minimum atomic E-state index is 0.539. The summed E-state index contributed by atoms with van der Waals surface area (Å²) in [6, 6.07) is 105. The Hall–Kier alpha value is -11.7. The molecule has 88 heavy (non-hydrogen) atoms. The third-order valence-electron chi connectivity index (χ3n) is 16.8. The smallest absolute Gasteiger partial charge is 0.162 e. The lowest BCUT2D eigenvalue weighted by atomic mass is 10.0. The van der Waals surface area contributed by atoms with Gasteiger partial charge < -0.3 is 9.13 Å². The lowest BCUT2D eigenvalue weighted by Gasteiger charge is -2.22. The van der Waals surface area contributed by atoms with Gasteiger partial charge in [-0.05, 0) is 104 Å². The number of benzene rings is 11. The lowest BCUT2D eigenvalue weighted by Crippen LogP contribution is -2.09. The summed E-state index contributed by atoms with van der Waals surface area (Å²) in [5, 5.41) is 4.49. The minimum absolute atomic E-state index is 0.539. The summed E-state index contributed by atoms with van der Waals surface area (Å²) in [5.74, 6) is 1.10. The molecule has 414 valence electrons. The Bertz CT molecular complexity index is 5140. The Labute approximate surface area is 509 Å². The molecule has 0 bridgehead atoms. The van der Waals surface area contributed by atoms with Gasteiger partial charge in [0, 0.05) is 66.1 Å². The van der Waals surface area contributed by atoms with Gasteiger partial charge in [-0.15, -0.1) is 0 Å². The fourth-order valence-corrected chi connectivity index (χ4v) is 12.6. The number of rotatable bonds is 11. The first-order chi connectivity index (χ1) is 43.4. The summed E-state index contributed by atoms with van der Waals surface area (Å²) in [7, 11) is 0. The SMILES string of the molecule is Cc1ccc2c(c1)c1cc(C)ccc1n2-c1cc(-c2nc(-c3ccccc3)cc(-c3ccccc3)n2)cc(-c2nc(-c3ccccc3)cc(-c3ccccc3)n2)c1-n1c2ccc(-c3ccccc3)cc2c2ccc(-c3cccc(-c4ccccc4)n3)cc21. The summed E-state index contributed by atoms with van der Waals surface area (Å²) in [6.45, 7) is 4.35. The van der Waals surface area contributed by atoms with Gasteiger partial charge in [0.1, 0.15) is 0 Å². The van der Waals surface area contributed by atoms with E-state index < -0.39 is 0 Å². The van der Waals surface area contributed by atoms with Crippen LogP contribution in [0.15, 0.2) is 297 Å². The van der Waals surface area contributed by atoms with Crippen molar-refractivity contribution < 1.29 is 0 Å². The largest absolute Gasteiger partial charge is 0.307 e. The van der Waals surface area contributed by atoms with Crippen molar-refractivity contribution in [1.82, 2.24) is 34.1 Å². The highest BCUT2D eigenvalue weighted by molar-refractivity contribution is 6.14. The molecule has 0 saturated carbocycles. The molecule has 0 saturated heterocycles. The average molecular weight is 1130 g/mol. The van der Waals surface area contributed by atoms with E-state index in [1.165, 1.54) is 11.1 Å². The molecular formula is C81H55N7. The third-order valence-corrected chi connectivity index (χ3v) is 16.8. The van der Waals surface area contributed by atoms with E-state index in [-0.39, 0.29) is 0 Å². The van der Waals surface area contributed by atoms with Crippen LogP contribution in [0.5, 0.6) is 0 Å². The normalized spacial score (nSPS) is 11.5. The first kappa shape index (κ1) is 51.9. The molecule has 0 aliphatic rings. The predicted molar refractivity (Wildman–Crippen MR) is 362 cm³/mol. The van der Waals surface area contributed by atoms with Gasteiger partial charge in [0.05, 0.1) is 67.6 Å². The number of nitrogens with zero attached hydrogens (tertiary/aromatic N) is 7. The molecule has 0 aliphatic carbocycles. The highest BCUT2D eigenvalue weighted by Gasteiger charge is 2.28. The van der Waals surface area contributed by atoms with E-state index in [4.69, 9.17) is 24.9 Å². The molecule has 5 heterocycles. The second kappa shape index (κ2) is 21.8. The van der Waals surface area contributed by atoms with Gasteiger partial charge in [-0.3, -0.25) is 0 Å². The number of hydrogen-bond acceptors (Lipinski definition) is 5. The molecule has 7 nitrogen and oxygen atoms in total. The van der Waals surface area contributed by atoms with Crippen molar-refractivity contribution in [3.05, 3.63) is 308 Å². The topological polar surface area (TPSA) is 74.3 Å². The zero-order chi connectivity index (χ0) is 58.7. The lowest BCUT2D eigenvalue weighted by molar-refractivity contribution is 1.08. The maximum absolute atomic E-state index is 5.74. The molecule has 16 rings (SSSR count). The maximum atomic E-state index is 5.74. The standard InChI is InChI=1S/C81H55N7/c1-52-36-41-74-64(44-52)65-45-53(2)37-42-75(65)87(74)78-49-62(80-83-70(56-26-13-5-14-27-56)50-71(84-80)57-28-15-6-16-29-57)47-67(81-85-72(58-30-17-7-18-31-58)51-73(86-81)59-32-19-8-20-33-59)79(78)88-76-43-39-60(54-22-9-3-10-23-54)46-66(76)63-40-38-61(48-77(63)88)69-35-21-34-68(82-69)55-24-11-4-12-25-55/h3-51H,1-2H3. The monoisotopic (exact) mass is 1130 g/mol. The van der Waals surface area contributed by atoms with Crippen LogP contribution < -0.4 is 0 Å². The molecule has 0 unspecified atom stereocenters. The van der Waals surface area contributed by atoms with E-state index in [0.29, 0.717) is 11.6 Å². The Balaban J connectivity index is 1.10. The summed E-state index contributed by atoms with van der Waals surface area (Å²) < 4.78 is 4.92. The Morgan fingerprint density at radius 3 is 1.14 bits per heavy atom. The van der Waals surface area contributed by atoms with Gasteiger partial charge in [0.25, 0.3) is 0 Å². The first-order valence-corrected chi connectivity index (χ1v) is 29.8. The number of pyridine rings is 1. The Morgan fingerprint density at radius 2 is 0.636 bits per heavy atom. The third kappa shape index (κ3) is 9.39. The second-order valence-corrected chi connectivity index (χ2v) is 22.6.